The Kier molecular flexibility index (Phi) is 169. The van der Waals surface area contributed by atoms with E-state index in [0.29, 0.717) is 0 Å². The third-order valence-corrected chi connectivity index (χ3v) is 0. The molecule has 0 saturated heterocycles. The standard InChI is InChI=1S/2HI.In.Na.Sc/h2*1H;;;/q;;+3;+1;+3/p-2. The van der Waals surface area contributed by atoms with Crippen LogP contribution >= 0.6 is 0 Å². The second-order valence-electron chi connectivity index (χ2n) is 0. The van der Waals surface area contributed by atoms with Gasteiger partial charge in [0.1, 0.15) is 0 Å². The second kappa shape index (κ2) is 24.1. The molecule has 0 rings (SSSR count). The summed E-state index contributed by atoms with van der Waals surface area (Å²) in [5.74, 6) is 0. The van der Waals surface area contributed by atoms with E-state index in [1.165, 1.54) is 0 Å². The molecule has 0 saturated carbocycles. The minimum atomic E-state index is 0. The average molecular weight is 437 g/mol. The maximum absolute atomic E-state index is 0. The number of rotatable bonds is 0. The van der Waals surface area contributed by atoms with Crippen LogP contribution in [0.1, 0.15) is 0 Å². The predicted molar refractivity (Wildman–Crippen MR) is 5.75 cm³/mol. The topological polar surface area (TPSA) is 0 Å². The first-order valence-corrected chi connectivity index (χ1v) is 0. The Morgan fingerprint density at radius 2 is 0.800 bits per heavy atom. The van der Waals surface area contributed by atoms with Gasteiger partial charge in [0.15, 0.2) is 0 Å². The molecule has 0 amide bonds. The van der Waals surface area contributed by atoms with Crippen LogP contribution in [-0.2, 0) is 25.8 Å². The Bertz CT molecular complexity index is 9.61. The van der Waals surface area contributed by atoms with Crippen molar-refractivity contribution in [1.29, 1.82) is 0 Å². The van der Waals surface area contributed by atoms with E-state index in [0.717, 1.165) is 0 Å². The second-order valence-corrected chi connectivity index (χ2v) is 0. The van der Waals surface area contributed by atoms with E-state index in [4.69, 9.17) is 0 Å². The van der Waals surface area contributed by atoms with Crippen LogP contribution in [0.5, 0.6) is 0 Å². The van der Waals surface area contributed by atoms with Gasteiger partial charge in [-0.15, -0.1) is 0 Å². The number of hydrogen-bond donors (Lipinski definition) is 0. The average Bonchev–Trinajstić information content (AvgIpc) is 0. The van der Waals surface area contributed by atoms with Gasteiger partial charge in [0, 0.05) is 0 Å². The summed E-state index contributed by atoms with van der Waals surface area (Å²) in [5, 5.41) is 0. The van der Waals surface area contributed by atoms with Crippen molar-refractivity contribution in [2.24, 2.45) is 0 Å². The monoisotopic (exact) mass is 437 g/mol. The van der Waals surface area contributed by atoms with Gasteiger partial charge in [-0.05, 0) is 0 Å². The van der Waals surface area contributed by atoms with Crippen LogP contribution in [0.3, 0.4) is 0 Å². The van der Waals surface area contributed by atoms with Gasteiger partial charge in [-0.25, -0.2) is 0 Å². The first kappa shape index (κ1) is 35.1. The molecule has 5 heteroatoms. The first-order valence-electron chi connectivity index (χ1n) is 0. The summed E-state index contributed by atoms with van der Waals surface area (Å²) in [6.45, 7) is 0. The van der Waals surface area contributed by atoms with Gasteiger partial charge in [0.25, 0.3) is 0 Å². The molecule has 0 radical (unpaired) electrons. The smallest absolute Gasteiger partial charge is 1.00 e. The van der Waals surface area contributed by atoms with E-state index in [2.05, 4.69) is 0 Å². The summed E-state index contributed by atoms with van der Waals surface area (Å²) in [5.41, 5.74) is 0. The van der Waals surface area contributed by atoms with Crippen LogP contribution in [0.15, 0.2) is 0 Å². The van der Waals surface area contributed by atoms with E-state index in [-0.39, 0.29) is 129 Å². The fraction of sp³-hybridized carbons (Fsp3) is 0. The van der Waals surface area contributed by atoms with Crippen LogP contribution in [0.2, 0.25) is 0 Å². The molecule has 0 aromatic rings. The van der Waals surface area contributed by atoms with Crippen LogP contribution in [-0.4, -0.2) is 25.8 Å². The zero-order valence-corrected chi connectivity index (χ0v) is 14.3. The molecule has 0 bridgehead atoms. The fourth-order valence-electron chi connectivity index (χ4n) is 0. The molecule has 16 valence electrons. The zero-order valence-electron chi connectivity index (χ0n) is 2.91. The summed E-state index contributed by atoms with van der Waals surface area (Å²) in [6.07, 6.45) is 0. The molecule has 0 fully saturated rings. The van der Waals surface area contributed by atoms with E-state index in [1.54, 1.807) is 0 Å². The zero-order chi connectivity index (χ0) is 0. The van der Waals surface area contributed by atoms with E-state index in [9.17, 15) is 0 Å². The maximum Gasteiger partial charge on any atom is 3.00 e. The summed E-state index contributed by atoms with van der Waals surface area (Å²) in [6, 6.07) is 0. The van der Waals surface area contributed by atoms with Gasteiger partial charge < -0.3 is 48.0 Å². The van der Waals surface area contributed by atoms with E-state index in [1.807, 2.05) is 0 Å². The van der Waals surface area contributed by atoms with Crippen LogP contribution < -0.4 is 77.5 Å². The molecule has 0 aromatic heterocycles. The van der Waals surface area contributed by atoms with Gasteiger partial charge in [-0.2, -0.15) is 0 Å². The summed E-state index contributed by atoms with van der Waals surface area (Å²) < 4.78 is 0. The molecule has 0 unspecified atom stereocenters. The van der Waals surface area contributed by atoms with E-state index >= 15 is 0 Å². The Balaban J connectivity index is 0. The van der Waals surface area contributed by atoms with Crippen molar-refractivity contribution >= 4 is 25.8 Å². The molecule has 0 aliphatic rings. The minimum absolute atomic E-state index is 0. The molecule has 0 atom stereocenters. The summed E-state index contributed by atoms with van der Waals surface area (Å²) in [4.78, 5) is 0. The maximum atomic E-state index is 0. The van der Waals surface area contributed by atoms with Gasteiger partial charge in [0.05, 0.1) is 0 Å². The summed E-state index contributed by atoms with van der Waals surface area (Å²) in [7, 11) is 0. The third-order valence-electron chi connectivity index (χ3n) is 0. The molecular formula is I2InNaSc+5. The van der Waals surface area contributed by atoms with Crippen molar-refractivity contribution in [3.05, 3.63) is 0 Å². The van der Waals surface area contributed by atoms with Crippen molar-refractivity contribution in [1.82, 2.24) is 0 Å². The molecule has 0 N–H and O–H groups in total. The molecule has 0 aliphatic heterocycles. The van der Waals surface area contributed by atoms with Crippen molar-refractivity contribution in [3.8, 4) is 0 Å². The molecule has 0 heterocycles. The Labute approximate surface area is 126 Å². The third kappa shape index (κ3) is 17.9. The largest absolute Gasteiger partial charge is 3.00 e. The molecule has 0 aromatic carbocycles. The quantitative estimate of drug-likeness (QED) is 0.262. The van der Waals surface area contributed by atoms with Crippen molar-refractivity contribution in [2.75, 3.05) is 0 Å². The van der Waals surface area contributed by atoms with E-state index < -0.39 is 0 Å². The van der Waals surface area contributed by atoms with Gasteiger partial charge in [-0.1, -0.05) is 0 Å². The normalized spacial score (nSPS) is 0. The van der Waals surface area contributed by atoms with Crippen LogP contribution in [0.25, 0.3) is 0 Å². The Hall–Kier alpha value is 4.20. The number of hydrogen-bond acceptors (Lipinski definition) is 0. The molecular weight excluding hydrogens is 437 g/mol. The Morgan fingerprint density at radius 3 is 0.800 bits per heavy atom. The SMILES string of the molecule is [I-].[I-].[In+3].[Na+].[Sc+3]. The number of halogens is 2. The molecule has 0 nitrogen and oxygen atoms in total. The van der Waals surface area contributed by atoms with Crippen LogP contribution in [0, 0.1) is 0 Å². The van der Waals surface area contributed by atoms with Gasteiger partial charge in [-0.3, -0.25) is 0 Å². The molecule has 0 aliphatic carbocycles. The summed E-state index contributed by atoms with van der Waals surface area (Å²) >= 11 is 0. The minimum Gasteiger partial charge on any atom is -1.00 e. The van der Waals surface area contributed by atoms with Gasteiger partial charge >= 0.3 is 81.2 Å². The van der Waals surface area contributed by atoms with Crippen LogP contribution in [0.4, 0.5) is 0 Å². The van der Waals surface area contributed by atoms with Crippen molar-refractivity contribution < 1.29 is 103 Å². The van der Waals surface area contributed by atoms with Crippen molar-refractivity contribution in [3.63, 3.8) is 0 Å². The Morgan fingerprint density at radius 1 is 0.800 bits per heavy atom. The predicted octanol–water partition coefficient (Wildman–Crippen LogP) is -9.37. The van der Waals surface area contributed by atoms with Crippen molar-refractivity contribution in [2.45, 2.75) is 0 Å². The van der Waals surface area contributed by atoms with Gasteiger partial charge in [0.2, 0.25) is 0 Å². The molecule has 0 spiro atoms. The fourth-order valence-corrected chi connectivity index (χ4v) is 0. The first-order chi connectivity index (χ1) is 0. The molecule has 5 heavy (non-hydrogen) atoms.